The summed E-state index contributed by atoms with van der Waals surface area (Å²) in [7, 11) is 0. The fourth-order valence-corrected chi connectivity index (χ4v) is 1.96. The van der Waals surface area contributed by atoms with Gasteiger partial charge in [0, 0.05) is 25.1 Å². The Bertz CT molecular complexity index is 210. The second-order valence-electron chi connectivity index (χ2n) is 4.21. The molecule has 1 saturated heterocycles. The molecule has 2 fully saturated rings. The molecule has 1 heterocycles. The molecule has 80 valence electrons. The van der Waals surface area contributed by atoms with Crippen LogP contribution in [-0.4, -0.2) is 43.2 Å². The first-order valence-electron chi connectivity index (χ1n) is 5.38. The van der Waals surface area contributed by atoms with Crippen molar-refractivity contribution in [3.63, 3.8) is 0 Å². The molecule has 14 heavy (non-hydrogen) atoms. The predicted molar refractivity (Wildman–Crippen MR) is 52.7 cm³/mol. The van der Waals surface area contributed by atoms with E-state index in [4.69, 9.17) is 10.5 Å². The maximum atomic E-state index is 11.5. The van der Waals surface area contributed by atoms with Gasteiger partial charge in [-0.2, -0.15) is 0 Å². The predicted octanol–water partition coefficient (Wildman–Crippen LogP) is -0.0274. The van der Waals surface area contributed by atoms with E-state index < -0.39 is 0 Å². The van der Waals surface area contributed by atoms with Crippen LogP contribution in [0.15, 0.2) is 0 Å². The highest BCUT2D eigenvalue weighted by Crippen LogP contribution is 2.28. The van der Waals surface area contributed by atoms with Gasteiger partial charge >= 0.3 is 0 Å². The summed E-state index contributed by atoms with van der Waals surface area (Å²) in [6.45, 7) is 2.64. The summed E-state index contributed by atoms with van der Waals surface area (Å²) in [6.07, 6.45) is 3.39. The zero-order chi connectivity index (χ0) is 9.97. The molecule has 0 aromatic heterocycles. The normalized spacial score (nSPS) is 26.5. The summed E-state index contributed by atoms with van der Waals surface area (Å²) in [4.78, 5) is 13.5. The summed E-state index contributed by atoms with van der Waals surface area (Å²) in [5.74, 6) is 0.630. The summed E-state index contributed by atoms with van der Waals surface area (Å²) < 4.78 is 5.30. The number of carbonyl (C=O) groups excluding carboxylic acids is 1. The van der Waals surface area contributed by atoms with Gasteiger partial charge in [0.05, 0.1) is 13.2 Å². The molecule has 2 rings (SSSR count). The van der Waals surface area contributed by atoms with Gasteiger partial charge in [0.15, 0.2) is 0 Å². The Morgan fingerprint density at radius 2 is 2.21 bits per heavy atom. The third-order valence-corrected chi connectivity index (χ3v) is 2.96. The van der Waals surface area contributed by atoms with E-state index >= 15 is 0 Å². The summed E-state index contributed by atoms with van der Waals surface area (Å²) >= 11 is 0. The molecule has 4 heteroatoms. The molecule has 2 aliphatic rings. The fraction of sp³-hybridized carbons (Fsp3) is 0.900. The van der Waals surface area contributed by atoms with Gasteiger partial charge in [-0.1, -0.05) is 0 Å². The van der Waals surface area contributed by atoms with Gasteiger partial charge in [0.25, 0.3) is 0 Å². The lowest BCUT2D eigenvalue weighted by atomic mass is 10.1. The average molecular weight is 198 g/mol. The average Bonchev–Trinajstić information content (AvgIpc) is 2.92. The van der Waals surface area contributed by atoms with Gasteiger partial charge in [-0.05, 0) is 19.3 Å². The van der Waals surface area contributed by atoms with Crippen molar-refractivity contribution in [2.75, 3.05) is 26.3 Å². The highest BCUT2D eigenvalue weighted by Gasteiger charge is 2.33. The summed E-state index contributed by atoms with van der Waals surface area (Å²) in [6, 6.07) is 0.478. The molecule has 1 aliphatic heterocycles. The van der Waals surface area contributed by atoms with Crippen molar-refractivity contribution in [1.82, 2.24) is 4.90 Å². The van der Waals surface area contributed by atoms with E-state index in [0.29, 0.717) is 12.0 Å². The van der Waals surface area contributed by atoms with Crippen molar-refractivity contribution in [1.29, 1.82) is 0 Å². The highest BCUT2D eigenvalue weighted by atomic mass is 16.5. The van der Waals surface area contributed by atoms with Crippen LogP contribution < -0.4 is 5.73 Å². The zero-order valence-electron chi connectivity index (χ0n) is 8.45. The SMILES string of the molecule is NCC(=O)N(CC1CCOC1)C1CC1. The smallest absolute Gasteiger partial charge is 0.236 e. The van der Waals surface area contributed by atoms with Crippen LogP contribution in [0.1, 0.15) is 19.3 Å². The lowest BCUT2D eigenvalue weighted by Gasteiger charge is -2.24. The van der Waals surface area contributed by atoms with Crippen LogP contribution in [0.25, 0.3) is 0 Å². The topological polar surface area (TPSA) is 55.6 Å². The lowest BCUT2D eigenvalue weighted by molar-refractivity contribution is -0.130. The van der Waals surface area contributed by atoms with Crippen LogP contribution in [0.5, 0.6) is 0 Å². The van der Waals surface area contributed by atoms with Gasteiger partial charge < -0.3 is 15.4 Å². The molecule has 1 amide bonds. The molecule has 1 atom stereocenters. The van der Waals surface area contributed by atoms with E-state index in [-0.39, 0.29) is 12.5 Å². The molecule has 0 spiro atoms. The molecule has 2 N–H and O–H groups in total. The van der Waals surface area contributed by atoms with E-state index in [9.17, 15) is 4.79 Å². The van der Waals surface area contributed by atoms with Crippen molar-refractivity contribution >= 4 is 5.91 Å². The Morgan fingerprint density at radius 3 is 2.71 bits per heavy atom. The van der Waals surface area contributed by atoms with Gasteiger partial charge in [0.2, 0.25) is 5.91 Å². The van der Waals surface area contributed by atoms with Crippen LogP contribution in [-0.2, 0) is 9.53 Å². The van der Waals surface area contributed by atoms with Gasteiger partial charge in [-0.3, -0.25) is 4.79 Å². The zero-order valence-corrected chi connectivity index (χ0v) is 8.45. The van der Waals surface area contributed by atoms with Crippen LogP contribution in [0.2, 0.25) is 0 Å². The van der Waals surface area contributed by atoms with Crippen LogP contribution in [0.3, 0.4) is 0 Å². The quantitative estimate of drug-likeness (QED) is 0.690. The van der Waals surface area contributed by atoms with E-state index in [1.807, 2.05) is 4.90 Å². The monoisotopic (exact) mass is 198 g/mol. The number of carbonyl (C=O) groups is 1. The minimum atomic E-state index is 0.0967. The van der Waals surface area contributed by atoms with Gasteiger partial charge in [-0.25, -0.2) is 0 Å². The minimum absolute atomic E-state index is 0.0967. The lowest BCUT2D eigenvalue weighted by Crippen LogP contribution is -2.40. The molecule has 0 bridgehead atoms. The highest BCUT2D eigenvalue weighted by molar-refractivity contribution is 5.78. The second-order valence-corrected chi connectivity index (χ2v) is 4.21. The molecule has 0 aromatic carbocycles. The number of nitrogens with zero attached hydrogens (tertiary/aromatic N) is 1. The number of rotatable bonds is 4. The Labute approximate surface area is 84.4 Å². The largest absolute Gasteiger partial charge is 0.381 e. The molecule has 1 saturated carbocycles. The van der Waals surface area contributed by atoms with Crippen molar-refractivity contribution in [3.05, 3.63) is 0 Å². The molecule has 4 nitrogen and oxygen atoms in total. The number of ether oxygens (including phenoxy) is 1. The van der Waals surface area contributed by atoms with Crippen molar-refractivity contribution in [2.45, 2.75) is 25.3 Å². The van der Waals surface area contributed by atoms with E-state index in [2.05, 4.69) is 0 Å². The molecule has 1 unspecified atom stereocenters. The molecule has 1 aliphatic carbocycles. The van der Waals surface area contributed by atoms with Crippen LogP contribution in [0, 0.1) is 5.92 Å². The first-order valence-corrected chi connectivity index (χ1v) is 5.38. The number of hydrogen-bond acceptors (Lipinski definition) is 3. The van der Waals surface area contributed by atoms with Crippen LogP contribution >= 0.6 is 0 Å². The third kappa shape index (κ3) is 2.25. The molecule has 0 radical (unpaired) electrons. The summed E-state index contributed by atoms with van der Waals surface area (Å²) in [5, 5.41) is 0. The van der Waals surface area contributed by atoms with Crippen molar-refractivity contribution in [3.8, 4) is 0 Å². The van der Waals surface area contributed by atoms with Crippen molar-refractivity contribution < 1.29 is 9.53 Å². The van der Waals surface area contributed by atoms with E-state index in [1.54, 1.807) is 0 Å². The van der Waals surface area contributed by atoms with Gasteiger partial charge in [-0.15, -0.1) is 0 Å². The van der Waals surface area contributed by atoms with Crippen molar-refractivity contribution in [2.24, 2.45) is 11.7 Å². The van der Waals surface area contributed by atoms with Crippen LogP contribution in [0.4, 0.5) is 0 Å². The second kappa shape index (κ2) is 4.28. The Hall–Kier alpha value is -0.610. The number of hydrogen-bond donors (Lipinski definition) is 1. The Kier molecular flexibility index (Phi) is 3.03. The van der Waals surface area contributed by atoms with E-state index in [0.717, 1.165) is 39.0 Å². The number of amides is 1. The maximum absolute atomic E-state index is 11.5. The first-order chi connectivity index (χ1) is 6.81. The fourth-order valence-electron chi connectivity index (χ4n) is 1.96. The Morgan fingerprint density at radius 1 is 1.43 bits per heavy atom. The van der Waals surface area contributed by atoms with E-state index in [1.165, 1.54) is 0 Å². The molecule has 0 aromatic rings. The molecular weight excluding hydrogens is 180 g/mol. The third-order valence-electron chi connectivity index (χ3n) is 2.96. The molecular formula is C10H18N2O2. The number of nitrogens with two attached hydrogens (primary N) is 1. The minimum Gasteiger partial charge on any atom is -0.381 e. The summed E-state index contributed by atoms with van der Waals surface area (Å²) in [5.41, 5.74) is 5.39. The maximum Gasteiger partial charge on any atom is 0.236 e. The standard InChI is InChI=1S/C10H18N2O2/c11-5-10(13)12(9-1-2-9)6-8-3-4-14-7-8/h8-9H,1-7,11H2. The van der Waals surface area contributed by atoms with Gasteiger partial charge in [0.1, 0.15) is 0 Å². The Balaban J connectivity index is 1.86. The first kappa shape index (κ1) is 9.93.